The third-order valence-electron chi connectivity index (χ3n) is 3.08. The lowest BCUT2D eigenvalue weighted by atomic mass is 9.99. The van der Waals surface area contributed by atoms with Gasteiger partial charge in [0.2, 0.25) is 0 Å². The van der Waals surface area contributed by atoms with Crippen LogP contribution in [0.2, 0.25) is 0 Å². The number of nitrogens with zero attached hydrogens (tertiary/aromatic N) is 1. The van der Waals surface area contributed by atoms with Crippen LogP contribution in [0.3, 0.4) is 0 Å². The van der Waals surface area contributed by atoms with E-state index in [2.05, 4.69) is 19.2 Å². The zero-order valence-electron chi connectivity index (χ0n) is 10.9. The second-order valence-corrected chi connectivity index (χ2v) is 5.26. The topological polar surface area (TPSA) is 33.6 Å². The highest BCUT2D eigenvalue weighted by Crippen LogP contribution is 2.18. The molecule has 1 aromatic carbocycles. The molecule has 0 amide bonds. The van der Waals surface area contributed by atoms with Gasteiger partial charge in [-0.05, 0) is 30.2 Å². The van der Waals surface area contributed by atoms with E-state index in [1.807, 2.05) is 24.3 Å². The maximum Gasteiger partial charge on any atom is 0.133 e. The largest absolute Gasteiger partial charge is 0.497 e. The molecule has 1 atom stereocenters. The maximum absolute atomic E-state index is 5.31. The second-order valence-electron chi connectivity index (χ2n) is 4.77. The Morgan fingerprint density at radius 1 is 1.33 bits per heavy atom. The first-order chi connectivity index (χ1) is 8.60. The standard InChI is InChI=1S/C14H18N2OS/c1-9(2)12-8-13(18)16-14(15-12)10-4-6-11(17-3)7-5-10/h4-7,9,12H,8H2,1-3H3,(H,15,16,18). The third-order valence-corrected chi connectivity index (χ3v) is 3.35. The molecule has 0 fully saturated rings. The second kappa shape index (κ2) is 5.48. The van der Waals surface area contributed by atoms with Gasteiger partial charge in [-0.25, -0.2) is 0 Å². The Kier molecular flexibility index (Phi) is 3.97. The van der Waals surface area contributed by atoms with Gasteiger partial charge in [-0.15, -0.1) is 0 Å². The molecular weight excluding hydrogens is 244 g/mol. The summed E-state index contributed by atoms with van der Waals surface area (Å²) in [5.74, 6) is 2.21. The van der Waals surface area contributed by atoms with E-state index in [1.165, 1.54) is 0 Å². The van der Waals surface area contributed by atoms with Crippen molar-refractivity contribution in [3.8, 4) is 5.75 Å². The number of ether oxygens (including phenoxy) is 1. The fourth-order valence-corrected chi connectivity index (χ4v) is 2.16. The van der Waals surface area contributed by atoms with Crippen molar-refractivity contribution in [2.24, 2.45) is 10.9 Å². The minimum Gasteiger partial charge on any atom is -0.497 e. The lowest BCUT2D eigenvalue weighted by Crippen LogP contribution is -2.39. The SMILES string of the molecule is COc1ccc(C2=NC(C(C)C)CC(=S)N2)cc1. The quantitative estimate of drug-likeness (QED) is 0.850. The van der Waals surface area contributed by atoms with Gasteiger partial charge < -0.3 is 10.1 Å². The van der Waals surface area contributed by atoms with Crippen LogP contribution in [-0.4, -0.2) is 24.0 Å². The average molecular weight is 262 g/mol. The number of benzene rings is 1. The van der Waals surface area contributed by atoms with E-state index in [1.54, 1.807) is 7.11 Å². The molecule has 0 aliphatic carbocycles. The van der Waals surface area contributed by atoms with E-state index in [-0.39, 0.29) is 6.04 Å². The van der Waals surface area contributed by atoms with E-state index in [0.29, 0.717) is 5.92 Å². The monoisotopic (exact) mass is 262 g/mol. The number of thiocarbonyl (C=S) groups is 1. The number of nitrogens with one attached hydrogen (secondary N) is 1. The first-order valence-corrected chi connectivity index (χ1v) is 6.53. The fourth-order valence-electron chi connectivity index (χ4n) is 1.90. The zero-order chi connectivity index (χ0) is 13.1. The van der Waals surface area contributed by atoms with E-state index in [4.69, 9.17) is 21.9 Å². The smallest absolute Gasteiger partial charge is 0.133 e. The number of aliphatic imine (C=N–C) groups is 1. The van der Waals surface area contributed by atoms with Crippen molar-refractivity contribution in [3.63, 3.8) is 0 Å². The first kappa shape index (κ1) is 13.0. The summed E-state index contributed by atoms with van der Waals surface area (Å²) in [6.07, 6.45) is 0.840. The summed E-state index contributed by atoms with van der Waals surface area (Å²) < 4.78 is 5.15. The Morgan fingerprint density at radius 3 is 2.56 bits per heavy atom. The van der Waals surface area contributed by atoms with Crippen LogP contribution in [0.5, 0.6) is 5.75 Å². The Labute approximate surface area is 113 Å². The predicted molar refractivity (Wildman–Crippen MR) is 78.5 cm³/mol. The van der Waals surface area contributed by atoms with E-state index in [0.717, 1.165) is 28.6 Å². The van der Waals surface area contributed by atoms with Crippen LogP contribution in [0, 0.1) is 5.92 Å². The fraction of sp³-hybridized carbons (Fsp3) is 0.429. The van der Waals surface area contributed by atoms with Gasteiger partial charge in [0, 0.05) is 12.0 Å². The normalized spacial score (nSPS) is 19.4. The maximum atomic E-state index is 5.31. The van der Waals surface area contributed by atoms with Gasteiger partial charge in [-0.2, -0.15) is 0 Å². The van der Waals surface area contributed by atoms with Crippen LogP contribution in [0.4, 0.5) is 0 Å². The Hall–Kier alpha value is -1.42. The van der Waals surface area contributed by atoms with Gasteiger partial charge in [0.15, 0.2) is 0 Å². The van der Waals surface area contributed by atoms with Crippen molar-refractivity contribution in [1.29, 1.82) is 0 Å². The molecule has 2 rings (SSSR count). The van der Waals surface area contributed by atoms with E-state index in [9.17, 15) is 0 Å². The Morgan fingerprint density at radius 2 is 2.00 bits per heavy atom. The van der Waals surface area contributed by atoms with Crippen molar-refractivity contribution in [2.45, 2.75) is 26.3 Å². The average Bonchev–Trinajstić information content (AvgIpc) is 2.38. The molecule has 1 heterocycles. The molecular formula is C14H18N2OS. The lowest BCUT2D eigenvalue weighted by molar-refractivity contribution is 0.415. The van der Waals surface area contributed by atoms with Crippen LogP contribution in [0.1, 0.15) is 25.8 Å². The summed E-state index contributed by atoms with van der Waals surface area (Å²) in [6, 6.07) is 8.13. The summed E-state index contributed by atoms with van der Waals surface area (Å²) in [5, 5.41) is 3.20. The van der Waals surface area contributed by atoms with Gasteiger partial charge >= 0.3 is 0 Å². The van der Waals surface area contributed by atoms with Crippen molar-refractivity contribution < 1.29 is 4.74 Å². The highest BCUT2D eigenvalue weighted by atomic mass is 32.1. The summed E-state index contributed by atoms with van der Waals surface area (Å²) >= 11 is 5.31. The molecule has 1 aliphatic rings. The van der Waals surface area contributed by atoms with Crippen LogP contribution >= 0.6 is 12.2 Å². The summed E-state index contributed by atoms with van der Waals surface area (Å²) in [7, 11) is 1.66. The minimum atomic E-state index is 0.274. The molecule has 0 aromatic heterocycles. The van der Waals surface area contributed by atoms with Crippen LogP contribution in [0.15, 0.2) is 29.3 Å². The van der Waals surface area contributed by atoms with Gasteiger partial charge in [0.25, 0.3) is 0 Å². The molecule has 0 saturated carbocycles. The number of rotatable bonds is 3. The van der Waals surface area contributed by atoms with Crippen molar-refractivity contribution >= 4 is 23.0 Å². The third kappa shape index (κ3) is 2.88. The van der Waals surface area contributed by atoms with Crippen LogP contribution in [0.25, 0.3) is 0 Å². The number of hydrogen-bond acceptors (Lipinski definition) is 3. The van der Waals surface area contributed by atoms with Crippen LogP contribution in [-0.2, 0) is 0 Å². The van der Waals surface area contributed by atoms with E-state index < -0.39 is 0 Å². The molecule has 4 heteroatoms. The van der Waals surface area contributed by atoms with Crippen molar-refractivity contribution in [1.82, 2.24) is 5.32 Å². The van der Waals surface area contributed by atoms with Crippen molar-refractivity contribution in [3.05, 3.63) is 29.8 Å². The summed E-state index contributed by atoms with van der Waals surface area (Å²) in [6.45, 7) is 4.35. The molecule has 0 saturated heterocycles. The van der Waals surface area contributed by atoms with Gasteiger partial charge in [0.1, 0.15) is 11.6 Å². The highest BCUT2D eigenvalue weighted by Gasteiger charge is 2.21. The number of hydrogen-bond donors (Lipinski definition) is 1. The molecule has 1 aromatic rings. The first-order valence-electron chi connectivity index (χ1n) is 6.12. The predicted octanol–water partition coefficient (Wildman–Crippen LogP) is 2.79. The molecule has 0 bridgehead atoms. The summed E-state index contributed by atoms with van der Waals surface area (Å²) in [5.41, 5.74) is 1.04. The Balaban J connectivity index is 2.27. The number of methoxy groups -OCH3 is 1. The lowest BCUT2D eigenvalue weighted by Gasteiger charge is -2.25. The molecule has 18 heavy (non-hydrogen) atoms. The molecule has 1 unspecified atom stereocenters. The van der Waals surface area contributed by atoms with Crippen molar-refractivity contribution in [2.75, 3.05) is 7.11 Å². The van der Waals surface area contributed by atoms with Gasteiger partial charge in [0.05, 0.1) is 18.1 Å². The molecule has 1 aliphatic heterocycles. The Bertz CT molecular complexity index is 465. The highest BCUT2D eigenvalue weighted by molar-refractivity contribution is 7.80. The zero-order valence-corrected chi connectivity index (χ0v) is 11.8. The summed E-state index contributed by atoms with van der Waals surface area (Å²) in [4.78, 5) is 5.60. The molecule has 1 N–H and O–H groups in total. The minimum absolute atomic E-state index is 0.274. The van der Waals surface area contributed by atoms with E-state index >= 15 is 0 Å². The van der Waals surface area contributed by atoms with Gasteiger partial charge in [-0.1, -0.05) is 26.1 Å². The van der Waals surface area contributed by atoms with Crippen LogP contribution < -0.4 is 10.1 Å². The molecule has 3 nitrogen and oxygen atoms in total. The van der Waals surface area contributed by atoms with Gasteiger partial charge in [-0.3, -0.25) is 4.99 Å². The molecule has 0 spiro atoms. The number of amidine groups is 1. The molecule has 0 radical (unpaired) electrons. The molecule has 96 valence electrons.